The second-order valence-corrected chi connectivity index (χ2v) is 4.51. The standard InChI is InChI=1S/C14H16O2/c15-13-6-3-5-11(13)10-8-9-16-14-7-2-1-4-12(10)14/h1-2,4,7,13,15H,3,5-6,8-9H2/b11-10-. The molecule has 1 aromatic carbocycles. The third-order valence-corrected chi connectivity index (χ3v) is 3.54. The molecule has 1 heterocycles. The van der Waals surface area contributed by atoms with E-state index >= 15 is 0 Å². The van der Waals surface area contributed by atoms with Crippen molar-refractivity contribution in [2.75, 3.05) is 6.61 Å². The molecule has 1 fully saturated rings. The van der Waals surface area contributed by atoms with Crippen LogP contribution in [0.15, 0.2) is 29.8 Å². The Labute approximate surface area is 95.6 Å². The molecule has 1 N–H and O–H groups in total. The van der Waals surface area contributed by atoms with Crippen molar-refractivity contribution in [2.45, 2.75) is 31.8 Å². The topological polar surface area (TPSA) is 29.5 Å². The highest BCUT2D eigenvalue weighted by Gasteiger charge is 2.25. The number of hydrogen-bond acceptors (Lipinski definition) is 2. The number of fused-ring (bicyclic) bond motifs is 1. The summed E-state index contributed by atoms with van der Waals surface area (Å²) in [6.45, 7) is 0.739. The molecular weight excluding hydrogens is 200 g/mol. The van der Waals surface area contributed by atoms with Crippen LogP contribution in [-0.2, 0) is 0 Å². The second kappa shape index (κ2) is 3.95. The Kier molecular flexibility index (Phi) is 2.44. The van der Waals surface area contributed by atoms with Crippen LogP contribution >= 0.6 is 0 Å². The normalized spacial score (nSPS) is 28.7. The minimum atomic E-state index is -0.221. The van der Waals surface area contributed by atoms with E-state index in [-0.39, 0.29) is 6.10 Å². The lowest BCUT2D eigenvalue weighted by Crippen LogP contribution is -2.12. The molecule has 16 heavy (non-hydrogen) atoms. The summed E-state index contributed by atoms with van der Waals surface area (Å²) in [7, 11) is 0. The van der Waals surface area contributed by atoms with Gasteiger partial charge >= 0.3 is 0 Å². The summed E-state index contributed by atoms with van der Waals surface area (Å²) < 4.78 is 5.63. The first-order chi connectivity index (χ1) is 7.86. The lowest BCUT2D eigenvalue weighted by atomic mass is 9.93. The summed E-state index contributed by atoms with van der Waals surface area (Å²) in [6.07, 6.45) is 3.79. The van der Waals surface area contributed by atoms with Gasteiger partial charge in [0.05, 0.1) is 12.7 Å². The monoisotopic (exact) mass is 216 g/mol. The molecule has 84 valence electrons. The lowest BCUT2D eigenvalue weighted by Gasteiger charge is -2.23. The average molecular weight is 216 g/mol. The fourth-order valence-corrected chi connectivity index (χ4v) is 2.75. The maximum atomic E-state index is 9.97. The Morgan fingerprint density at radius 3 is 2.88 bits per heavy atom. The van der Waals surface area contributed by atoms with Crippen LogP contribution in [-0.4, -0.2) is 17.8 Å². The zero-order chi connectivity index (χ0) is 11.0. The molecule has 0 aromatic heterocycles. The van der Waals surface area contributed by atoms with Gasteiger partial charge in [-0.1, -0.05) is 18.2 Å². The Morgan fingerprint density at radius 2 is 2.06 bits per heavy atom. The molecule has 0 amide bonds. The predicted molar refractivity (Wildman–Crippen MR) is 63.3 cm³/mol. The van der Waals surface area contributed by atoms with E-state index in [2.05, 4.69) is 6.07 Å². The Morgan fingerprint density at radius 1 is 1.19 bits per heavy atom. The van der Waals surface area contributed by atoms with Gasteiger partial charge in [0, 0.05) is 12.0 Å². The maximum Gasteiger partial charge on any atom is 0.126 e. The zero-order valence-corrected chi connectivity index (χ0v) is 9.28. The largest absolute Gasteiger partial charge is 0.493 e. The molecule has 1 unspecified atom stereocenters. The van der Waals surface area contributed by atoms with Crippen LogP contribution in [0.1, 0.15) is 31.2 Å². The first-order valence-electron chi connectivity index (χ1n) is 5.98. The van der Waals surface area contributed by atoms with Crippen molar-refractivity contribution in [3.05, 3.63) is 35.4 Å². The molecule has 0 bridgehead atoms. The molecule has 1 atom stereocenters. The molecule has 2 nitrogen and oxygen atoms in total. The number of aliphatic hydroxyl groups excluding tert-OH is 1. The summed E-state index contributed by atoms with van der Waals surface area (Å²) in [5.41, 5.74) is 3.76. The molecule has 1 aromatic rings. The molecule has 1 aliphatic carbocycles. The van der Waals surface area contributed by atoms with Gasteiger partial charge < -0.3 is 9.84 Å². The summed E-state index contributed by atoms with van der Waals surface area (Å²) >= 11 is 0. The van der Waals surface area contributed by atoms with Gasteiger partial charge in [0.1, 0.15) is 5.75 Å². The minimum absolute atomic E-state index is 0.221. The van der Waals surface area contributed by atoms with Gasteiger partial charge in [-0.3, -0.25) is 0 Å². The number of para-hydroxylation sites is 1. The molecule has 2 aliphatic rings. The quantitative estimate of drug-likeness (QED) is 0.722. The first kappa shape index (κ1) is 9.91. The number of ether oxygens (including phenoxy) is 1. The van der Waals surface area contributed by atoms with Crippen LogP contribution in [0.5, 0.6) is 5.75 Å². The summed E-state index contributed by atoms with van der Waals surface area (Å²) in [6, 6.07) is 8.14. The first-order valence-corrected chi connectivity index (χ1v) is 5.98. The maximum absolute atomic E-state index is 9.97. The third kappa shape index (κ3) is 1.54. The van der Waals surface area contributed by atoms with E-state index in [1.54, 1.807) is 0 Å². The van der Waals surface area contributed by atoms with Crippen LogP contribution in [0.3, 0.4) is 0 Å². The van der Waals surface area contributed by atoms with Crippen molar-refractivity contribution in [1.82, 2.24) is 0 Å². The molecular formula is C14H16O2. The van der Waals surface area contributed by atoms with E-state index in [1.807, 2.05) is 18.2 Å². The van der Waals surface area contributed by atoms with Crippen molar-refractivity contribution in [3.8, 4) is 5.75 Å². The van der Waals surface area contributed by atoms with E-state index in [1.165, 1.54) is 16.7 Å². The molecule has 0 saturated heterocycles. The second-order valence-electron chi connectivity index (χ2n) is 4.51. The average Bonchev–Trinajstić information content (AvgIpc) is 2.75. The van der Waals surface area contributed by atoms with E-state index < -0.39 is 0 Å². The fourth-order valence-electron chi connectivity index (χ4n) is 2.75. The highest BCUT2D eigenvalue weighted by Crippen LogP contribution is 2.39. The van der Waals surface area contributed by atoms with Crippen molar-refractivity contribution < 1.29 is 9.84 Å². The van der Waals surface area contributed by atoms with E-state index in [0.717, 1.165) is 38.0 Å². The van der Waals surface area contributed by atoms with Gasteiger partial charge in [0.25, 0.3) is 0 Å². The molecule has 0 radical (unpaired) electrons. The Balaban J connectivity index is 2.11. The van der Waals surface area contributed by atoms with E-state index in [0.29, 0.717) is 0 Å². The predicted octanol–water partition coefficient (Wildman–Crippen LogP) is 2.77. The molecule has 3 rings (SSSR count). The third-order valence-electron chi connectivity index (χ3n) is 3.54. The number of hydrogen-bond donors (Lipinski definition) is 1. The highest BCUT2D eigenvalue weighted by molar-refractivity contribution is 5.75. The summed E-state index contributed by atoms with van der Waals surface area (Å²) in [4.78, 5) is 0. The smallest absolute Gasteiger partial charge is 0.126 e. The van der Waals surface area contributed by atoms with Crippen molar-refractivity contribution in [2.24, 2.45) is 0 Å². The van der Waals surface area contributed by atoms with Gasteiger partial charge in [0.2, 0.25) is 0 Å². The van der Waals surface area contributed by atoms with Crippen LogP contribution in [0.2, 0.25) is 0 Å². The van der Waals surface area contributed by atoms with Crippen LogP contribution in [0.25, 0.3) is 5.57 Å². The van der Waals surface area contributed by atoms with Gasteiger partial charge in [0.15, 0.2) is 0 Å². The zero-order valence-electron chi connectivity index (χ0n) is 9.28. The van der Waals surface area contributed by atoms with Crippen LogP contribution < -0.4 is 4.74 Å². The van der Waals surface area contributed by atoms with Gasteiger partial charge in [-0.15, -0.1) is 0 Å². The van der Waals surface area contributed by atoms with Gasteiger partial charge in [-0.2, -0.15) is 0 Å². The lowest BCUT2D eigenvalue weighted by molar-refractivity contribution is 0.217. The minimum Gasteiger partial charge on any atom is -0.493 e. The summed E-state index contributed by atoms with van der Waals surface area (Å²) in [5, 5.41) is 9.97. The van der Waals surface area contributed by atoms with Gasteiger partial charge in [-0.25, -0.2) is 0 Å². The Bertz CT molecular complexity index is 434. The van der Waals surface area contributed by atoms with Crippen LogP contribution in [0, 0.1) is 0 Å². The van der Waals surface area contributed by atoms with E-state index in [4.69, 9.17) is 4.74 Å². The van der Waals surface area contributed by atoms with Crippen molar-refractivity contribution in [1.29, 1.82) is 0 Å². The van der Waals surface area contributed by atoms with Gasteiger partial charge in [-0.05, 0) is 36.5 Å². The van der Waals surface area contributed by atoms with Crippen molar-refractivity contribution >= 4 is 5.57 Å². The van der Waals surface area contributed by atoms with Crippen LogP contribution in [0.4, 0.5) is 0 Å². The van der Waals surface area contributed by atoms with Crippen molar-refractivity contribution in [3.63, 3.8) is 0 Å². The molecule has 1 saturated carbocycles. The summed E-state index contributed by atoms with van der Waals surface area (Å²) in [5.74, 6) is 0.968. The number of aliphatic hydroxyl groups is 1. The van der Waals surface area contributed by atoms with E-state index in [9.17, 15) is 5.11 Å². The fraction of sp³-hybridized carbons (Fsp3) is 0.429. The number of benzene rings is 1. The number of rotatable bonds is 0. The molecule has 1 aliphatic heterocycles. The molecule has 0 spiro atoms. The Hall–Kier alpha value is -1.28. The highest BCUT2D eigenvalue weighted by atomic mass is 16.5. The SMILES string of the molecule is OC1CCC/C1=C1\CCOc2ccccc21. The molecule has 2 heteroatoms.